The molecule has 0 radical (unpaired) electrons. The van der Waals surface area contributed by atoms with E-state index >= 15 is 0 Å². The van der Waals surface area contributed by atoms with Crippen molar-refractivity contribution >= 4 is 11.9 Å². The van der Waals surface area contributed by atoms with Crippen LogP contribution >= 0.6 is 0 Å². The Bertz CT molecular complexity index is 959. The average Bonchev–Trinajstić information content (AvgIpc) is 2.80. The van der Waals surface area contributed by atoms with E-state index in [9.17, 15) is 19.8 Å². The maximum absolute atomic E-state index is 12.5. The van der Waals surface area contributed by atoms with Crippen molar-refractivity contribution in [2.45, 2.75) is 57.9 Å². The van der Waals surface area contributed by atoms with Crippen LogP contribution in [-0.4, -0.2) is 52.7 Å². The Morgan fingerprint density at radius 1 is 1.21 bits per heavy atom. The first kappa shape index (κ1) is 24.8. The van der Waals surface area contributed by atoms with Crippen molar-refractivity contribution < 1.29 is 19.8 Å². The molecule has 6 heteroatoms. The number of carbonyl (C=O) groups excluding carboxylic acids is 1. The highest BCUT2D eigenvalue weighted by molar-refractivity contribution is 5.87. The lowest BCUT2D eigenvalue weighted by molar-refractivity contribution is -0.122. The van der Waals surface area contributed by atoms with Crippen LogP contribution in [-0.2, 0) is 16.6 Å². The van der Waals surface area contributed by atoms with Gasteiger partial charge in [0.05, 0.1) is 5.56 Å². The number of amides is 1. The van der Waals surface area contributed by atoms with Crippen molar-refractivity contribution in [2.75, 3.05) is 19.6 Å². The molecule has 1 aliphatic heterocycles. The second kappa shape index (κ2) is 10.8. The number of aromatic hydroxyl groups is 1. The molecule has 178 valence electrons. The third-order valence-electron chi connectivity index (χ3n) is 7.25. The topological polar surface area (TPSA) is 89.9 Å². The zero-order valence-corrected chi connectivity index (χ0v) is 19.9. The number of benzene rings is 2. The second-order valence-corrected chi connectivity index (χ2v) is 9.55. The lowest BCUT2D eigenvalue weighted by Gasteiger charge is -2.46. The number of hydrogen-bond donors (Lipinski definition) is 3. The van der Waals surface area contributed by atoms with Gasteiger partial charge in [-0.15, -0.1) is 0 Å². The molecule has 3 rings (SSSR count). The molecule has 0 bridgehead atoms. The number of aromatic carboxylic acids is 1. The van der Waals surface area contributed by atoms with Crippen LogP contribution in [0.25, 0.3) is 0 Å². The van der Waals surface area contributed by atoms with E-state index in [2.05, 4.69) is 31.0 Å². The van der Waals surface area contributed by atoms with Crippen LogP contribution in [0.2, 0.25) is 0 Å². The molecule has 6 nitrogen and oxygen atoms in total. The van der Waals surface area contributed by atoms with Crippen molar-refractivity contribution in [1.82, 2.24) is 10.2 Å². The fourth-order valence-electron chi connectivity index (χ4n) is 4.73. The number of phenols is 1. The summed E-state index contributed by atoms with van der Waals surface area (Å²) in [4.78, 5) is 26.3. The predicted molar refractivity (Wildman–Crippen MR) is 130 cm³/mol. The van der Waals surface area contributed by atoms with Gasteiger partial charge in [-0.25, -0.2) is 4.79 Å². The fraction of sp³-hybridized carbons (Fsp3) is 0.481. The highest BCUT2D eigenvalue weighted by Crippen LogP contribution is 2.39. The normalized spacial score (nSPS) is 22.0. The maximum Gasteiger partial charge on any atom is 0.335 e. The number of aryl methyl sites for hydroxylation is 1. The Morgan fingerprint density at radius 3 is 2.58 bits per heavy atom. The molecule has 1 saturated heterocycles. The van der Waals surface area contributed by atoms with Gasteiger partial charge in [0.1, 0.15) is 5.75 Å². The van der Waals surface area contributed by atoms with Crippen LogP contribution in [0.4, 0.5) is 0 Å². The molecular formula is C27H36N2O4. The zero-order valence-electron chi connectivity index (χ0n) is 19.9. The first-order valence-corrected chi connectivity index (χ1v) is 11.8. The summed E-state index contributed by atoms with van der Waals surface area (Å²) in [5, 5.41) is 21.9. The van der Waals surface area contributed by atoms with E-state index in [0.29, 0.717) is 24.3 Å². The number of carboxylic acids is 1. The Balaban J connectivity index is 1.53. The highest BCUT2D eigenvalue weighted by atomic mass is 16.4. The van der Waals surface area contributed by atoms with Gasteiger partial charge in [-0.3, -0.25) is 4.79 Å². The lowest BCUT2D eigenvalue weighted by atomic mass is 9.68. The number of nitrogens with one attached hydrogen (secondary N) is 1. The number of carboxylic acid groups (broad SMARTS) is 1. The summed E-state index contributed by atoms with van der Waals surface area (Å²) in [6.07, 6.45) is 2.89. The Kier molecular flexibility index (Phi) is 8.14. The molecule has 3 atom stereocenters. The number of likely N-dealkylation sites (tertiary alicyclic amines) is 1. The van der Waals surface area contributed by atoms with Crippen LogP contribution in [0.5, 0.6) is 5.75 Å². The molecule has 0 aliphatic carbocycles. The number of carbonyl (C=O) groups is 2. The Hall–Kier alpha value is -2.86. The van der Waals surface area contributed by atoms with Crippen molar-refractivity contribution in [2.24, 2.45) is 5.92 Å². The molecular weight excluding hydrogens is 416 g/mol. The molecule has 0 saturated carbocycles. The van der Waals surface area contributed by atoms with Gasteiger partial charge in [-0.05, 0) is 72.5 Å². The van der Waals surface area contributed by atoms with Crippen molar-refractivity contribution in [1.29, 1.82) is 0 Å². The van der Waals surface area contributed by atoms with E-state index in [1.165, 1.54) is 0 Å². The monoisotopic (exact) mass is 452 g/mol. The van der Waals surface area contributed by atoms with E-state index in [0.717, 1.165) is 43.6 Å². The first-order chi connectivity index (χ1) is 15.7. The number of phenolic OH excluding ortho intramolecular Hbond substituents is 1. The Labute approximate surface area is 196 Å². The summed E-state index contributed by atoms with van der Waals surface area (Å²) in [6, 6.07) is 14.4. The fourth-order valence-corrected chi connectivity index (χ4v) is 4.73. The molecule has 3 N–H and O–H groups in total. The van der Waals surface area contributed by atoms with Gasteiger partial charge in [0, 0.05) is 25.6 Å². The van der Waals surface area contributed by atoms with Crippen molar-refractivity contribution in [3.63, 3.8) is 0 Å². The van der Waals surface area contributed by atoms with E-state index in [-0.39, 0.29) is 23.1 Å². The quantitative estimate of drug-likeness (QED) is 0.530. The van der Waals surface area contributed by atoms with Gasteiger partial charge in [0.2, 0.25) is 5.91 Å². The molecule has 1 fully saturated rings. The minimum atomic E-state index is -0.891. The maximum atomic E-state index is 12.5. The number of rotatable bonds is 9. The molecule has 0 spiro atoms. The SMILES string of the molecule is CC[C@@H](CN1CC[C@@](C)(c2cccc(C(=O)O)c2)[C@@H](C)C1)NC(=O)CCc1ccc(O)cc1. The highest BCUT2D eigenvalue weighted by Gasteiger charge is 2.38. The zero-order chi connectivity index (χ0) is 24.0. The van der Waals surface area contributed by atoms with Crippen LogP contribution in [0.1, 0.15) is 61.5 Å². The number of piperidine rings is 1. The van der Waals surface area contributed by atoms with Gasteiger partial charge in [-0.2, -0.15) is 0 Å². The summed E-state index contributed by atoms with van der Waals surface area (Å²) in [7, 11) is 0. The van der Waals surface area contributed by atoms with E-state index < -0.39 is 5.97 Å². The summed E-state index contributed by atoms with van der Waals surface area (Å²) in [6.45, 7) is 9.21. The predicted octanol–water partition coefficient (Wildman–Crippen LogP) is 4.22. The van der Waals surface area contributed by atoms with Crippen molar-refractivity contribution in [3.05, 3.63) is 65.2 Å². The lowest BCUT2D eigenvalue weighted by Crippen LogP contribution is -2.51. The number of hydrogen-bond acceptors (Lipinski definition) is 4. The summed E-state index contributed by atoms with van der Waals surface area (Å²) < 4.78 is 0. The van der Waals surface area contributed by atoms with Crippen LogP contribution in [0.3, 0.4) is 0 Å². The molecule has 1 amide bonds. The van der Waals surface area contributed by atoms with E-state index in [4.69, 9.17) is 0 Å². The molecule has 2 aromatic carbocycles. The molecule has 1 heterocycles. The largest absolute Gasteiger partial charge is 0.508 e. The van der Waals surface area contributed by atoms with Gasteiger partial charge in [0.15, 0.2) is 0 Å². The Morgan fingerprint density at radius 2 is 1.94 bits per heavy atom. The second-order valence-electron chi connectivity index (χ2n) is 9.55. The van der Waals surface area contributed by atoms with Gasteiger partial charge < -0.3 is 20.4 Å². The summed E-state index contributed by atoms with van der Waals surface area (Å²) in [5.41, 5.74) is 2.39. The standard InChI is InChI=1S/C27H36N2O4/c1-4-23(28-25(31)13-10-20-8-11-24(30)12-9-20)18-29-15-14-27(3,19(2)17-29)22-7-5-6-21(16-22)26(32)33/h5-9,11-12,16,19,23,30H,4,10,13-15,17-18H2,1-3H3,(H,28,31)(H,32,33)/t19-,23-,27+/m0/s1. The average molecular weight is 453 g/mol. The van der Waals surface area contributed by atoms with Crippen LogP contribution < -0.4 is 5.32 Å². The summed E-state index contributed by atoms with van der Waals surface area (Å²) >= 11 is 0. The van der Waals surface area contributed by atoms with Gasteiger partial charge >= 0.3 is 5.97 Å². The van der Waals surface area contributed by atoms with Crippen LogP contribution in [0.15, 0.2) is 48.5 Å². The van der Waals surface area contributed by atoms with E-state index in [1.807, 2.05) is 30.3 Å². The molecule has 33 heavy (non-hydrogen) atoms. The van der Waals surface area contributed by atoms with Gasteiger partial charge in [0.25, 0.3) is 0 Å². The number of nitrogens with zero attached hydrogens (tertiary/aromatic N) is 1. The minimum Gasteiger partial charge on any atom is -0.508 e. The first-order valence-electron chi connectivity index (χ1n) is 11.8. The third kappa shape index (κ3) is 6.35. The minimum absolute atomic E-state index is 0.0512. The molecule has 2 aromatic rings. The van der Waals surface area contributed by atoms with Crippen molar-refractivity contribution in [3.8, 4) is 5.75 Å². The molecule has 1 aliphatic rings. The van der Waals surface area contributed by atoms with Gasteiger partial charge in [-0.1, -0.05) is 45.0 Å². The molecule has 0 aromatic heterocycles. The van der Waals surface area contributed by atoms with Crippen LogP contribution in [0, 0.1) is 5.92 Å². The third-order valence-corrected chi connectivity index (χ3v) is 7.25. The summed E-state index contributed by atoms with van der Waals surface area (Å²) in [5.74, 6) is -0.249. The molecule has 0 unspecified atom stereocenters. The smallest absolute Gasteiger partial charge is 0.335 e. The van der Waals surface area contributed by atoms with E-state index in [1.54, 1.807) is 18.2 Å².